The van der Waals surface area contributed by atoms with Gasteiger partial charge in [0.2, 0.25) is 5.91 Å². The molecule has 2 heterocycles. The van der Waals surface area contributed by atoms with E-state index in [4.69, 9.17) is 0 Å². The topological polar surface area (TPSA) is 79.8 Å². The molecule has 0 unspecified atom stereocenters. The first-order chi connectivity index (χ1) is 10.9. The Morgan fingerprint density at radius 2 is 2.13 bits per heavy atom. The number of aryl methyl sites for hydroxylation is 3. The molecule has 0 aromatic carbocycles. The number of hydrogen-bond acceptors (Lipinski definition) is 3. The molecule has 23 heavy (non-hydrogen) atoms. The Hall–Kier alpha value is -2.11. The van der Waals surface area contributed by atoms with Crippen LogP contribution >= 0.6 is 0 Å². The second kappa shape index (κ2) is 5.83. The standard InChI is InChI=1S/C17H24N4O2/c1-9-7-12(9)8-18-14(22)6-5-13-10(2)15-11(3)20-21(4)16(15)19-17(13)23/h9,12H,5-8H2,1-4H3,(H,18,22)(H,19,23)/t9-,12-/m1/s1. The first kappa shape index (κ1) is 15.8. The highest BCUT2D eigenvalue weighted by Gasteiger charge is 2.32. The molecule has 6 nitrogen and oxygen atoms in total. The second-order valence-electron chi connectivity index (χ2n) is 6.77. The third-order valence-corrected chi connectivity index (χ3v) is 5.00. The molecule has 1 aliphatic rings. The van der Waals surface area contributed by atoms with Gasteiger partial charge in [-0.15, -0.1) is 0 Å². The second-order valence-corrected chi connectivity index (χ2v) is 6.77. The van der Waals surface area contributed by atoms with Gasteiger partial charge in [0, 0.05) is 31.0 Å². The molecule has 1 amide bonds. The number of amides is 1. The molecule has 2 aromatic rings. The Morgan fingerprint density at radius 1 is 1.43 bits per heavy atom. The van der Waals surface area contributed by atoms with E-state index in [0.717, 1.165) is 34.8 Å². The number of fused-ring (bicyclic) bond motifs is 1. The van der Waals surface area contributed by atoms with Gasteiger partial charge in [-0.1, -0.05) is 6.92 Å². The van der Waals surface area contributed by atoms with Crippen LogP contribution in [0.15, 0.2) is 4.79 Å². The van der Waals surface area contributed by atoms with Gasteiger partial charge in [-0.2, -0.15) is 5.10 Å². The fourth-order valence-electron chi connectivity index (χ4n) is 3.31. The van der Waals surface area contributed by atoms with Gasteiger partial charge in [-0.3, -0.25) is 14.3 Å². The summed E-state index contributed by atoms with van der Waals surface area (Å²) in [5.74, 6) is 1.39. The van der Waals surface area contributed by atoms with Crippen LogP contribution in [0, 0.1) is 25.7 Å². The van der Waals surface area contributed by atoms with Gasteiger partial charge in [0.25, 0.3) is 5.56 Å². The SMILES string of the molecule is Cc1nn(C)c2[nH]c(=O)c(CCC(=O)NC[C@H]3C[C@H]3C)c(C)c12. The van der Waals surface area contributed by atoms with E-state index in [9.17, 15) is 9.59 Å². The lowest BCUT2D eigenvalue weighted by Crippen LogP contribution is -2.27. The highest BCUT2D eigenvalue weighted by Crippen LogP contribution is 2.36. The van der Waals surface area contributed by atoms with Crippen LogP contribution in [0.2, 0.25) is 0 Å². The molecule has 1 saturated carbocycles. The Kier molecular flexibility index (Phi) is 4.00. The van der Waals surface area contributed by atoms with Gasteiger partial charge < -0.3 is 10.3 Å². The molecule has 1 fully saturated rings. The molecule has 2 N–H and O–H groups in total. The fraction of sp³-hybridized carbons (Fsp3) is 0.588. The fourth-order valence-corrected chi connectivity index (χ4v) is 3.31. The third kappa shape index (κ3) is 3.02. The molecule has 2 aromatic heterocycles. The molecular formula is C17H24N4O2. The summed E-state index contributed by atoms with van der Waals surface area (Å²) in [7, 11) is 1.82. The summed E-state index contributed by atoms with van der Waals surface area (Å²) in [6.45, 7) is 6.83. The zero-order valence-corrected chi connectivity index (χ0v) is 14.2. The van der Waals surface area contributed by atoms with Gasteiger partial charge in [-0.05, 0) is 44.1 Å². The summed E-state index contributed by atoms with van der Waals surface area (Å²) < 4.78 is 1.69. The van der Waals surface area contributed by atoms with Crippen molar-refractivity contribution >= 4 is 16.9 Å². The molecule has 2 atom stereocenters. The van der Waals surface area contributed by atoms with Crippen molar-refractivity contribution in [3.8, 4) is 0 Å². The molecule has 124 valence electrons. The number of H-pyrrole nitrogens is 1. The van der Waals surface area contributed by atoms with E-state index in [2.05, 4.69) is 22.3 Å². The number of nitrogens with zero attached hydrogens (tertiary/aromatic N) is 2. The van der Waals surface area contributed by atoms with E-state index in [1.54, 1.807) is 4.68 Å². The summed E-state index contributed by atoms with van der Waals surface area (Å²) >= 11 is 0. The molecule has 0 aliphatic heterocycles. The van der Waals surface area contributed by atoms with E-state index >= 15 is 0 Å². The lowest BCUT2D eigenvalue weighted by molar-refractivity contribution is -0.121. The lowest BCUT2D eigenvalue weighted by atomic mass is 10.0. The number of pyridine rings is 1. The van der Waals surface area contributed by atoms with Crippen LogP contribution in [-0.4, -0.2) is 27.2 Å². The van der Waals surface area contributed by atoms with Crippen LogP contribution in [0.4, 0.5) is 0 Å². The Bertz CT molecular complexity index is 818. The normalized spacial score (nSPS) is 20.0. The smallest absolute Gasteiger partial charge is 0.253 e. The molecule has 1 aliphatic carbocycles. The van der Waals surface area contributed by atoms with Crippen LogP contribution in [0.5, 0.6) is 0 Å². The predicted molar refractivity (Wildman–Crippen MR) is 89.4 cm³/mol. The zero-order chi connectivity index (χ0) is 16.7. The Balaban J connectivity index is 1.73. The number of carbonyl (C=O) groups excluding carboxylic acids is 1. The monoisotopic (exact) mass is 316 g/mol. The average molecular weight is 316 g/mol. The van der Waals surface area contributed by atoms with Crippen LogP contribution in [0.3, 0.4) is 0 Å². The molecule has 6 heteroatoms. The summed E-state index contributed by atoms with van der Waals surface area (Å²) in [6, 6.07) is 0. The van der Waals surface area contributed by atoms with Crippen LogP contribution in [0.1, 0.15) is 36.6 Å². The van der Waals surface area contributed by atoms with Gasteiger partial charge in [0.15, 0.2) is 0 Å². The third-order valence-electron chi connectivity index (χ3n) is 5.00. The van der Waals surface area contributed by atoms with Crippen molar-refractivity contribution in [1.29, 1.82) is 0 Å². The number of hydrogen-bond donors (Lipinski definition) is 2. The van der Waals surface area contributed by atoms with E-state index < -0.39 is 0 Å². The number of nitrogens with one attached hydrogen (secondary N) is 2. The first-order valence-electron chi connectivity index (χ1n) is 8.20. The van der Waals surface area contributed by atoms with Crippen molar-refractivity contribution in [2.45, 2.75) is 40.0 Å². The molecule has 0 bridgehead atoms. The van der Waals surface area contributed by atoms with E-state index in [-0.39, 0.29) is 11.5 Å². The number of aromatic nitrogens is 3. The minimum Gasteiger partial charge on any atom is -0.356 e. The molecule has 3 rings (SSSR count). The van der Waals surface area contributed by atoms with E-state index in [1.807, 2.05) is 20.9 Å². The molecule has 0 spiro atoms. The maximum Gasteiger partial charge on any atom is 0.253 e. The van der Waals surface area contributed by atoms with Crippen molar-refractivity contribution in [1.82, 2.24) is 20.1 Å². The zero-order valence-electron chi connectivity index (χ0n) is 14.2. The quantitative estimate of drug-likeness (QED) is 0.879. The van der Waals surface area contributed by atoms with Crippen molar-refractivity contribution < 1.29 is 4.79 Å². The number of carbonyl (C=O) groups is 1. The van der Waals surface area contributed by atoms with Gasteiger partial charge in [0.05, 0.1) is 5.69 Å². The highest BCUT2D eigenvalue weighted by atomic mass is 16.1. The average Bonchev–Trinajstić information content (AvgIpc) is 3.11. The Labute approximate surface area is 135 Å². The van der Waals surface area contributed by atoms with E-state index in [1.165, 1.54) is 6.42 Å². The summed E-state index contributed by atoms with van der Waals surface area (Å²) in [4.78, 5) is 27.2. The summed E-state index contributed by atoms with van der Waals surface area (Å²) in [6.07, 6.45) is 2.00. The van der Waals surface area contributed by atoms with Crippen molar-refractivity contribution in [2.24, 2.45) is 18.9 Å². The van der Waals surface area contributed by atoms with Gasteiger partial charge >= 0.3 is 0 Å². The summed E-state index contributed by atoms with van der Waals surface area (Å²) in [5.41, 5.74) is 3.12. The van der Waals surface area contributed by atoms with Gasteiger partial charge in [0.1, 0.15) is 5.65 Å². The van der Waals surface area contributed by atoms with Crippen LogP contribution in [-0.2, 0) is 18.3 Å². The lowest BCUT2D eigenvalue weighted by Gasteiger charge is -2.08. The van der Waals surface area contributed by atoms with Crippen molar-refractivity contribution in [3.05, 3.63) is 27.2 Å². The van der Waals surface area contributed by atoms with Crippen molar-refractivity contribution in [3.63, 3.8) is 0 Å². The minimum absolute atomic E-state index is 0.0194. The Morgan fingerprint density at radius 3 is 2.78 bits per heavy atom. The van der Waals surface area contributed by atoms with Crippen molar-refractivity contribution in [2.75, 3.05) is 6.54 Å². The first-order valence-corrected chi connectivity index (χ1v) is 8.20. The highest BCUT2D eigenvalue weighted by molar-refractivity contribution is 5.83. The maximum atomic E-state index is 12.3. The van der Waals surface area contributed by atoms with E-state index in [0.29, 0.717) is 24.3 Å². The largest absolute Gasteiger partial charge is 0.356 e. The molecule has 0 radical (unpaired) electrons. The number of rotatable bonds is 5. The van der Waals surface area contributed by atoms with Crippen LogP contribution < -0.4 is 10.9 Å². The molecule has 0 saturated heterocycles. The predicted octanol–water partition coefficient (Wildman–Crippen LogP) is 1.58. The van der Waals surface area contributed by atoms with Crippen LogP contribution in [0.25, 0.3) is 11.0 Å². The summed E-state index contributed by atoms with van der Waals surface area (Å²) in [5, 5.41) is 8.31. The minimum atomic E-state index is -0.124. The maximum absolute atomic E-state index is 12.3. The van der Waals surface area contributed by atoms with Gasteiger partial charge in [-0.25, -0.2) is 0 Å². The molecular weight excluding hydrogens is 292 g/mol. The number of aromatic amines is 1.